The molecule has 17 heavy (non-hydrogen) atoms. The molecule has 0 aliphatic carbocycles. The van der Waals surface area contributed by atoms with E-state index in [-0.39, 0.29) is 6.04 Å². The Hall–Kier alpha value is -1.30. The second-order valence-corrected chi connectivity index (χ2v) is 4.81. The van der Waals surface area contributed by atoms with Crippen LogP contribution < -0.4 is 5.32 Å². The minimum Gasteiger partial charge on any atom is -0.378 e. The van der Waals surface area contributed by atoms with Gasteiger partial charge in [0, 0.05) is 12.7 Å². The van der Waals surface area contributed by atoms with E-state index >= 15 is 0 Å². The summed E-state index contributed by atoms with van der Waals surface area (Å²) in [6.07, 6.45) is 1.81. The van der Waals surface area contributed by atoms with Crippen LogP contribution in [-0.4, -0.2) is 29.7 Å². The first-order valence-electron chi connectivity index (χ1n) is 5.61. The number of nitrogens with zero attached hydrogens (tertiary/aromatic N) is 2. The van der Waals surface area contributed by atoms with Crippen LogP contribution in [0.3, 0.4) is 0 Å². The second-order valence-electron chi connectivity index (χ2n) is 3.86. The molecular weight excluding hydrogens is 234 g/mol. The molecule has 1 aliphatic rings. The van der Waals surface area contributed by atoms with Crippen LogP contribution >= 0.6 is 11.3 Å². The molecule has 1 aliphatic heterocycles. The third-order valence-corrected chi connectivity index (χ3v) is 3.57. The van der Waals surface area contributed by atoms with Gasteiger partial charge in [-0.25, -0.2) is 9.97 Å². The predicted molar refractivity (Wildman–Crippen MR) is 66.9 cm³/mol. The summed E-state index contributed by atoms with van der Waals surface area (Å²) >= 11 is 1.69. The third-order valence-electron chi connectivity index (χ3n) is 2.68. The minimum atomic E-state index is 0.115. The minimum absolute atomic E-state index is 0.115. The van der Waals surface area contributed by atoms with Gasteiger partial charge in [0.15, 0.2) is 0 Å². The van der Waals surface area contributed by atoms with E-state index in [0.29, 0.717) is 6.61 Å². The Balaban J connectivity index is 1.88. The van der Waals surface area contributed by atoms with Gasteiger partial charge in [0.05, 0.1) is 29.8 Å². The van der Waals surface area contributed by atoms with Crippen LogP contribution in [0.4, 0.5) is 0 Å². The van der Waals surface area contributed by atoms with Gasteiger partial charge in [0.1, 0.15) is 5.82 Å². The van der Waals surface area contributed by atoms with E-state index < -0.39 is 0 Å². The van der Waals surface area contributed by atoms with Crippen molar-refractivity contribution in [3.05, 3.63) is 35.6 Å². The molecule has 3 heterocycles. The number of aromatic nitrogens is 2. The highest BCUT2D eigenvalue weighted by Crippen LogP contribution is 2.23. The Kier molecular flexibility index (Phi) is 3.13. The summed E-state index contributed by atoms with van der Waals surface area (Å²) in [5.41, 5.74) is 0.984. The molecule has 1 atom stereocenters. The molecule has 0 spiro atoms. The van der Waals surface area contributed by atoms with Gasteiger partial charge < -0.3 is 10.1 Å². The first kappa shape index (κ1) is 10.8. The Morgan fingerprint density at radius 1 is 1.41 bits per heavy atom. The van der Waals surface area contributed by atoms with Crippen LogP contribution in [0.5, 0.6) is 0 Å². The Morgan fingerprint density at radius 2 is 2.41 bits per heavy atom. The maximum atomic E-state index is 5.43. The van der Waals surface area contributed by atoms with Crippen molar-refractivity contribution < 1.29 is 4.74 Å². The van der Waals surface area contributed by atoms with Gasteiger partial charge in [-0.2, -0.15) is 0 Å². The molecule has 2 aromatic rings. The summed E-state index contributed by atoms with van der Waals surface area (Å²) in [4.78, 5) is 10.1. The molecule has 0 amide bonds. The number of nitrogens with one attached hydrogen (secondary N) is 1. The van der Waals surface area contributed by atoms with Gasteiger partial charge in [-0.1, -0.05) is 6.07 Å². The molecule has 1 fully saturated rings. The molecular formula is C12H13N3OS. The van der Waals surface area contributed by atoms with Gasteiger partial charge in [-0.05, 0) is 17.5 Å². The number of ether oxygens (including phenoxy) is 1. The summed E-state index contributed by atoms with van der Waals surface area (Å²) in [6, 6.07) is 6.16. The number of morpholine rings is 1. The van der Waals surface area contributed by atoms with Crippen LogP contribution in [0.2, 0.25) is 0 Å². The summed E-state index contributed by atoms with van der Waals surface area (Å²) in [5, 5.41) is 5.42. The van der Waals surface area contributed by atoms with Crippen molar-refractivity contribution in [2.75, 3.05) is 19.8 Å². The lowest BCUT2D eigenvalue weighted by Gasteiger charge is -2.22. The maximum absolute atomic E-state index is 5.43. The molecule has 1 saturated heterocycles. The fraction of sp³-hybridized carbons (Fsp3) is 0.333. The van der Waals surface area contributed by atoms with Crippen LogP contribution in [0.15, 0.2) is 29.8 Å². The molecule has 0 bridgehead atoms. The SMILES string of the molecule is c1csc(-c2ccnc(C3COCCN3)n2)c1. The van der Waals surface area contributed by atoms with Gasteiger partial charge >= 0.3 is 0 Å². The van der Waals surface area contributed by atoms with E-state index in [4.69, 9.17) is 4.74 Å². The Bertz CT molecular complexity index is 480. The van der Waals surface area contributed by atoms with Gasteiger partial charge in [0.25, 0.3) is 0 Å². The Labute approximate surface area is 104 Å². The molecule has 4 nitrogen and oxygen atoms in total. The van der Waals surface area contributed by atoms with E-state index in [2.05, 4.69) is 26.7 Å². The largest absolute Gasteiger partial charge is 0.378 e. The molecule has 5 heteroatoms. The van der Waals surface area contributed by atoms with Crippen molar-refractivity contribution in [2.24, 2.45) is 0 Å². The zero-order valence-electron chi connectivity index (χ0n) is 9.30. The van der Waals surface area contributed by atoms with E-state index in [0.717, 1.165) is 24.7 Å². The molecule has 88 valence electrons. The summed E-state index contributed by atoms with van der Waals surface area (Å²) in [7, 11) is 0. The van der Waals surface area contributed by atoms with Crippen molar-refractivity contribution in [3.8, 4) is 10.6 Å². The Morgan fingerprint density at radius 3 is 3.18 bits per heavy atom. The fourth-order valence-electron chi connectivity index (χ4n) is 1.83. The predicted octanol–water partition coefficient (Wildman–Crippen LogP) is 1.87. The van der Waals surface area contributed by atoms with Crippen molar-refractivity contribution in [1.29, 1.82) is 0 Å². The van der Waals surface area contributed by atoms with E-state index in [1.807, 2.05) is 18.3 Å². The molecule has 1 N–H and O–H groups in total. The molecule has 3 rings (SSSR count). The molecule has 2 aromatic heterocycles. The van der Waals surface area contributed by atoms with Crippen molar-refractivity contribution in [1.82, 2.24) is 15.3 Å². The smallest absolute Gasteiger partial charge is 0.148 e. The lowest BCUT2D eigenvalue weighted by Crippen LogP contribution is -2.35. The molecule has 0 saturated carbocycles. The third kappa shape index (κ3) is 2.36. The number of rotatable bonds is 2. The van der Waals surface area contributed by atoms with Crippen LogP contribution in [0.25, 0.3) is 10.6 Å². The van der Waals surface area contributed by atoms with Crippen LogP contribution in [0, 0.1) is 0 Å². The lowest BCUT2D eigenvalue weighted by atomic mass is 10.2. The fourth-order valence-corrected chi connectivity index (χ4v) is 2.53. The quantitative estimate of drug-likeness (QED) is 0.880. The van der Waals surface area contributed by atoms with Crippen molar-refractivity contribution >= 4 is 11.3 Å². The van der Waals surface area contributed by atoms with Crippen molar-refractivity contribution in [2.45, 2.75) is 6.04 Å². The zero-order valence-corrected chi connectivity index (χ0v) is 10.1. The first-order valence-corrected chi connectivity index (χ1v) is 6.49. The second kappa shape index (κ2) is 4.91. The standard InChI is InChI=1S/C12H13N3OS/c1-2-11(17-7-1)9-3-4-14-12(15-9)10-8-16-6-5-13-10/h1-4,7,10,13H,5-6,8H2. The van der Waals surface area contributed by atoms with E-state index in [1.165, 1.54) is 4.88 Å². The normalized spacial score (nSPS) is 20.4. The van der Waals surface area contributed by atoms with Gasteiger partial charge in [-0.3, -0.25) is 0 Å². The van der Waals surface area contributed by atoms with Gasteiger partial charge in [0.2, 0.25) is 0 Å². The topological polar surface area (TPSA) is 47.0 Å². The van der Waals surface area contributed by atoms with E-state index in [1.54, 1.807) is 11.3 Å². The average Bonchev–Trinajstić information content (AvgIpc) is 2.94. The average molecular weight is 247 g/mol. The van der Waals surface area contributed by atoms with Crippen LogP contribution in [0.1, 0.15) is 11.9 Å². The monoisotopic (exact) mass is 247 g/mol. The van der Waals surface area contributed by atoms with Gasteiger partial charge in [-0.15, -0.1) is 11.3 Å². The van der Waals surface area contributed by atoms with Crippen LogP contribution in [-0.2, 0) is 4.74 Å². The first-order chi connectivity index (χ1) is 8.43. The maximum Gasteiger partial charge on any atom is 0.148 e. The van der Waals surface area contributed by atoms with Crippen molar-refractivity contribution in [3.63, 3.8) is 0 Å². The van der Waals surface area contributed by atoms with E-state index in [9.17, 15) is 0 Å². The highest BCUT2D eigenvalue weighted by molar-refractivity contribution is 7.13. The highest BCUT2D eigenvalue weighted by atomic mass is 32.1. The number of hydrogen-bond donors (Lipinski definition) is 1. The number of hydrogen-bond acceptors (Lipinski definition) is 5. The lowest BCUT2D eigenvalue weighted by molar-refractivity contribution is 0.0742. The summed E-state index contributed by atoms with van der Waals surface area (Å²) < 4.78 is 5.43. The summed E-state index contributed by atoms with van der Waals surface area (Å²) in [5.74, 6) is 0.815. The zero-order chi connectivity index (χ0) is 11.5. The highest BCUT2D eigenvalue weighted by Gasteiger charge is 2.18. The molecule has 0 aromatic carbocycles. The molecule has 0 radical (unpaired) electrons. The summed E-state index contributed by atoms with van der Waals surface area (Å²) in [6.45, 7) is 2.27. The molecule has 1 unspecified atom stereocenters. The number of thiophene rings is 1.